The van der Waals surface area contributed by atoms with Gasteiger partial charge in [0, 0.05) is 43.1 Å². The van der Waals surface area contributed by atoms with Crippen LogP contribution in [0.25, 0.3) is 0 Å². The number of piperazine rings is 1. The van der Waals surface area contributed by atoms with E-state index in [1.807, 2.05) is 22.8 Å². The van der Waals surface area contributed by atoms with Gasteiger partial charge in [-0.15, -0.1) is 0 Å². The van der Waals surface area contributed by atoms with Crippen LogP contribution < -0.4 is 15.1 Å². The number of carboxylic acid groups (broad SMARTS) is 1. The number of hydrogen-bond acceptors (Lipinski definition) is 4. The number of nitrogens with one attached hydrogen (secondary N) is 1. The number of hydrogen-bond donors (Lipinski definition) is 2. The van der Waals surface area contributed by atoms with E-state index in [0.29, 0.717) is 48.8 Å². The number of carboxylic acids is 1. The van der Waals surface area contributed by atoms with Crippen molar-refractivity contribution in [3.8, 4) is 0 Å². The summed E-state index contributed by atoms with van der Waals surface area (Å²) in [7, 11) is 0. The maximum atomic E-state index is 13.1. The summed E-state index contributed by atoms with van der Waals surface area (Å²) < 4.78 is 39.2. The number of aromatic carboxylic acids is 1. The van der Waals surface area contributed by atoms with Gasteiger partial charge in [-0.05, 0) is 55.5 Å². The third kappa shape index (κ3) is 5.56. The molecule has 0 saturated carbocycles. The van der Waals surface area contributed by atoms with Gasteiger partial charge in [0.1, 0.15) is 0 Å². The zero-order chi connectivity index (χ0) is 25.2. The average Bonchev–Trinajstić information content (AvgIpc) is 2.83. The van der Waals surface area contributed by atoms with Crippen molar-refractivity contribution >= 4 is 28.9 Å². The molecule has 35 heavy (non-hydrogen) atoms. The Bertz CT molecular complexity index is 1250. The van der Waals surface area contributed by atoms with E-state index in [1.54, 1.807) is 36.4 Å². The van der Waals surface area contributed by atoms with Crippen LogP contribution in [0.15, 0.2) is 66.7 Å². The summed E-state index contributed by atoms with van der Waals surface area (Å²) in [6.45, 7) is 3.62. The second-order valence-corrected chi connectivity index (χ2v) is 8.38. The molecule has 0 aliphatic carbocycles. The lowest BCUT2D eigenvalue weighted by Crippen LogP contribution is -2.47. The van der Waals surface area contributed by atoms with Crippen molar-refractivity contribution in [3.63, 3.8) is 0 Å². The number of anilines is 3. The molecule has 3 aromatic rings. The lowest BCUT2D eigenvalue weighted by molar-refractivity contribution is -0.137. The van der Waals surface area contributed by atoms with Crippen LogP contribution in [-0.2, 0) is 6.18 Å². The molecule has 0 radical (unpaired) electrons. The SMILES string of the molecule is Cc1cccc(C(=O)Nc2ccc(N3CCN(c4cccc(C(F)(F)F)c4)CC3)c(C(=O)O)c2)c1. The zero-order valence-corrected chi connectivity index (χ0v) is 19.0. The quantitative estimate of drug-likeness (QED) is 0.516. The van der Waals surface area contributed by atoms with Crippen LogP contribution in [0.5, 0.6) is 0 Å². The molecule has 0 aromatic heterocycles. The first-order chi connectivity index (χ1) is 16.6. The molecule has 1 fully saturated rings. The van der Waals surface area contributed by atoms with Crippen LogP contribution in [0.1, 0.15) is 31.8 Å². The molecule has 9 heteroatoms. The number of amides is 1. The number of alkyl halides is 3. The molecule has 1 heterocycles. The van der Waals surface area contributed by atoms with Gasteiger partial charge in [-0.1, -0.05) is 23.8 Å². The predicted octanol–water partition coefficient (Wildman–Crippen LogP) is 5.29. The lowest BCUT2D eigenvalue weighted by Gasteiger charge is -2.38. The highest BCUT2D eigenvalue weighted by molar-refractivity contribution is 6.05. The van der Waals surface area contributed by atoms with E-state index in [-0.39, 0.29) is 11.5 Å². The summed E-state index contributed by atoms with van der Waals surface area (Å²) in [5, 5.41) is 12.5. The first-order valence-electron chi connectivity index (χ1n) is 11.0. The Labute approximate surface area is 200 Å². The highest BCUT2D eigenvalue weighted by Gasteiger charge is 2.31. The molecule has 4 rings (SSSR count). The standard InChI is InChI=1S/C26H24F3N3O3/c1-17-4-2-5-18(14-17)24(33)30-20-8-9-23(22(16-20)25(34)35)32-12-10-31(11-13-32)21-7-3-6-19(15-21)26(27,28)29/h2-9,14-16H,10-13H2,1H3,(H,30,33)(H,34,35). The van der Waals surface area contributed by atoms with Gasteiger partial charge in [-0.2, -0.15) is 13.2 Å². The van der Waals surface area contributed by atoms with Crippen LogP contribution in [0, 0.1) is 6.92 Å². The number of carbonyl (C=O) groups is 2. The predicted molar refractivity (Wildman–Crippen MR) is 128 cm³/mol. The first kappa shape index (κ1) is 24.1. The molecule has 6 nitrogen and oxygen atoms in total. The monoisotopic (exact) mass is 483 g/mol. The summed E-state index contributed by atoms with van der Waals surface area (Å²) in [5.74, 6) is -1.47. The van der Waals surface area contributed by atoms with Gasteiger partial charge < -0.3 is 20.2 Å². The van der Waals surface area contributed by atoms with Crippen molar-refractivity contribution in [2.45, 2.75) is 13.1 Å². The molecule has 0 unspecified atom stereocenters. The number of nitrogens with zero attached hydrogens (tertiary/aromatic N) is 2. The number of benzene rings is 3. The van der Waals surface area contributed by atoms with Gasteiger partial charge in [-0.25, -0.2) is 4.79 Å². The van der Waals surface area contributed by atoms with Gasteiger partial charge >= 0.3 is 12.1 Å². The minimum atomic E-state index is -4.41. The number of carbonyl (C=O) groups excluding carboxylic acids is 1. The summed E-state index contributed by atoms with van der Waals surface area (Å²) in [6.07, 6.45) is -4.41. The summed E-state index contributed by atoms with van der Waals surface area (Å²) in [4.78, 5) is 28.3. The normalized spacial score (nSPS) is 14.1. The van der Waals surface area contributed by atoms with Crippen molar-refractivity contribution in [1.82, 2.24) is 0 Å². The van der Waals surface area contributed by atoms with Crippen molar-refractivity contribution in [2.24, 2.45) is 0 Å². The Hall–Kier alpha value is -4.01. The molecule has 1 amide bonds. The molecule has 1 aliphatic heterocycles. The molecule has 2 N–H and O–H groups in total. The Kier molecular flexibility index (Phi) is 6.68. The molecule has 1 saturated heterocycles. The maximum absolute atomic E-state index is 13.1. The minimum Gasteiger partial charge on any atom is -0.478 e. The number of rotatable bonds is 5. The third-order valence-corrected chi connectivity index (χ3v) is 5.92. The van der Waals surface area contributed by atoms with Gasteiger partial charge in [0.25, 0.3) is 5.91 Å². The summed E-state index contributed by atoms with van der Waals surface area (Å²) in [5.41, 5.74) is 2.08. The number of aryl methyl sites for hydroxylation is 1. The minimum absolute atomic E-state index is 0.0413. The van der Waals surface area contributed by atoms with Crippen LogP contribution in [-0.4, -0.2) is 43.2 Å². The van der Waals surface area contributed by atoms with Crippen molar-refractivity contribution < 1.29 is 27.9 Å². The highest BCUT2D eigenvalue weighted by Crippen LogP contribution is 2.32. The van der Waals surface area contributed by atoms with Crippen molar-refractivity contribution in [2.75, 3.05) is 41.3 Å². The van der Waals surface area contributed by atoms with Gasteiger partial charge in [0.2, 0.25) is 0 Å². The van der Waals surface area contributed by atoms with Crippen LogP contribution >= 0.6 is 0 Å². The van der Waals surface area contributed by atoms with E-state index >= 15 is 0 Å². The molecule has 0 bridgehead atoms. The highest BCUT2D eigenvalue weighted by atomic mass is 19.4. The molecule has 0 atom stereocenters. The second-order valence-electron chi connectivity index (χ2n) is 8.38. The van der Waals surface area contributed by atoms with E-state index in [9.17, 15) is 27.9 Å². The summed E-state index contributed by atoms with van der Waals surface area (Å²) >= 11 is 0. The van der Waals surface area contributed by atoms with Crippen LogP contribution in [0.2, 0.25) is 0 Å². The van der Waals surface area contributed by atoms with E-state index in [2.05, 4.69) is 5.32 Å². The summed E-state index contributed by atoms with van der Waals surface area (Å²) in [6, 6.07) is 17.0. The van der Waals surface area contributed by atoms with E-state index < -0.39 is 17.7 Å². The van der Waals surface area contributed by atoms with E-state index in [4.69, 9.17) is 0 Å². The molecule has 3 aromatic carbocycles. The molecule has 182 valence electrons. The third-order valence-electron chi connectivity index (χ3n) is 5.92. The van der Waals surface area contributed by atoms with Gasteiger partial charge in [0.05, 0.1) is 16.8 Å². The lowest BCUT2D eigenvalue weighted by atomic mass is 10.1. The van der Waals surface area contributed by atoms with Crippen LogP contribution in [0.3, 0.4) is 0 Å². The molecular formula is C26H24F3N3O3. The fraction of sp³-hybridized carbons (Fsp3) is 0.231. The fourth-order valence-electron chi connectivity index (χ4n) is 4.13. The van der Waals surface area contributed by atoms with Crippen LogP contribution in [0.4, 0.5) is 30.2 Å². The van der Waals surface area contributed by atoms with E-state index in [0.717, 1.165) is 17.7 Å². The topological polar surface area (TPSA) is 72.9 Å². The van der Waals surface area contributed by atoms with E-state index in [1.165, 1.54) is 12.1 Å². The molecule has 0 spiro atoms. The zero-order valence-electron chi connectivity index (χ0n) is 19.0. The van der Waals surface area contributed by atoms with Crippen molar-refractivity contribution in [1.29, 1.82) is 0 Å². The Morgan fingerprint density at radius 1 is 0.886 bits per heavy atom. The van der Waals surface area contributed by atoms with Crippen molar-refractivity contribution in [3.05, 3.63) is 89.0 Å². The average molecular weight is 483 g/mol. The second kappa shape index (κ2) is 9.69. The molecule has 1 aliphatic rings. The Morgan fingerprint density at radius 3 is 2.23 bits per heavy atom. The fourth-order valence-corrected chi connectivity index (χ4v) is 4.13. The first-order valence-corrected chi connectivity index (χ1v) is 11.0. The smallest absolute Gasteiger partial charge is 0.416 e. The maximum Gasteiger partial charge on any atom is 0.416 e. The van der Waals surface area contributed by atoms with Gasteiger partial charge in [-0.3, -0.25) is 4.79 Å². The molecular weight excluding hydrogens is 459 g/mol. The van der Waals surface area contributed by atoms with Gasteiger partial charge in [0.15, 0.2) is 0 Å². The Balaban J connectivity index is 1.48. The number of halogens is 3. The Morgan fingerprint density at radius 2 is 1.57 bits per heavy atom. The largest absolute Gasteiger partial charge is 0.478 e.